The molecule has 4 heteroatoms. The van der Waals surface area contributed by atoms with Gasteiger partial charge in [-0.1, -0.05) is 78.9 Å². The van der Waals surface area contributed by atoms with Crippen molar-refractivity contribution in [1.29, 1.82) is 0 Å². The molecule has 0 saturated carbocycles. The molecule has 3 nitrogen and oxygen atoms in total. The Morgan fingerprint density at radius 3 is 2.21 bits per heavy atom. The van der Waals surface area contributed by atoms with E-state index in [2.05, 4.69) is 66.2 Å². The molecule has 6 rings (SSSR count). The Bertz CT molecular complexity index is 1510. The maximum Gasteiger partial charge on any atom is 0.177 e. The molecule has 5 aromatic carbocycles. The normalized spacial score (nSPS) is 15.8. The highest BCUT2D eigenvalue weighted by Gasteiger charge is 2.25. The molecular formula is C30H26NO2P. The molecule has 5 aromatic rings. The molecular weight excluding hydrogens is 437 g/mol. The molecule has 0 radical (unpaired) electrons. The summed E-state index contributed by atoms with van der Waals surface area (Å²) in [6.07, 6.45) is 2.21. The van der Waals surface area contributed by atoms with Gasteiger partial charge in [-0.3, -0.25) is 0 Å². The first-order valence-corrected chi connectivity index (χ1v) is 12.6. The number of nitrogens with zero attached hydrogens (tertiary/aromatic N) is 1. The standard InChI is InChI=1S/C30H26NO2P/c1-20-14-15-23-10-4-7-13-26(23)31(20)34-33-28-19-17-22-9-3-6-12-25(22)30(28)29-24-11-5-2-8-21(24)16-18-27(29)32/h2-13,16-20,32,34H,14-15H2,1H3. The average Bonchev–Trinajstić information content (AvgIpc) is 2.88. The fourth-order valence-electron chi connectivity index (χ4n) is 5.04. The summed E-state index contributed by atoms with van der Waals surface area (Å²) in [6, 6.07) is 33.4. The molecule has 0 saturated heterocycles. The van der Waals surface area contributed by atoms with Gasteiger partial charge in [0.05, 0.1) is 0 Å². The van der Waals surface area contributed by atoms with Crippen LogP contribution in [0.3, 0.4) is 0 Å². The number of para-hydroxylation sites is 1. The van der Waals surface area contributed by atoms with E-state index in [9.17, 15) is 5.11 Å². The number of rotatable bonds is 4. The van der Waals surface area contributed by atoms with Crippen LogP contribution in [0.5, 0.6) is 11.5 Å². The predicted molar refractivity (Wildman–Crippen MR) is 144 cm³/mol. The van der Waals surface area contributed by atoms with Gasteiger partial charge in [-0.15, -0.1) is 0 Å². The molecule has 34 heavy (non-hydrogen) atoms. The van der Waals surface area contributed by atoms with E-state index in [-0.39, 0.29) is 14.7 Å². The first kappa shape index (κ1) is 21.0. The lowest BCUT2D eigenvalue weighted by Gasteiger charge is -2.36. The SMILES string of the molecule is CC1CCc2ccccc2N1POc1ccc2ccccc2c1-c1c(O)ccc2ccccc12. The number of hydrogen-bond donors (Lipinski definition) is 1. The van der Waals surface area contributed by atoms with Crippen molar-refractivity contribution in [2.45, 2.75) is 25.8 Å². The first-order chi connectivity index (χ1) is 16.7. The zero-order valence-electron chi connectivity index (χ0n) is 19.0. The predicted octanol–water partition coefficient (Wildman–Crippen LogP) is 8.09. The van der Waals surface area contributed by atoms with Gasteiger partial charge in [0, 0.05) is 22.9 Å². The fourth-order valence-corrected chi connectivity index (χ4v) is 6.04. The highest BCUT2D eigenvalue weighted by molar-refractivity contribution is 7.35. The molecule has 2 atom stereocenters. The monoisotopic (exact) mass is 463 g/mol. The summed E-state index contributed by atoms with van der Waals surface area (Å²) < 4.78 is 8.99. The second-order valence-electron chi connectivity index (χ2n) is 8.92. The van der Waals surface area contributed by atoms with Crippen LogP contribution in [0.2, 0.25) is 0 Å². The van der Waals surface area contributed by atoms with Crippen LogP contribution in [0.1, 0.15) is 18.9 Å². The number of aryl methyl sites for hydroxylation is 1. The van der Waals surface area contributed by atoms with Gasteiger partial charge in [-0.05, 0) is 65.1 Å². The van der Waals surface area contributed by atoms with Crippen LogP contribution >= 0.6 is 8.96 Å². The Morgan fingerprint density at radius 1 is 0.765 bits per heavy atom. The molecule has 0 aromatic heterocycles. The van der Waals surface area contributed by atoms with E-state index in [4.69, 9.17) is 4.52 Å². The summed E-state index contributed by atoms with van der Waals surface area (Å²) in [7, 11) is 0.144. The molecule has 1 aliphatic rings. The van der Waals surface area contributed by atoms with Crippen molar-refractivity contribution in [3.05, 3.63) is 103 Å². The van der Waals surface area contributed by atoms with Gasteiger partial charge in [-0.25, -0.2) is 0 Å². The average molecular weight is 464 g/mol. The summed E-state index contributed by atoms with van der Waals surface area (Å²) >= 11 is 0. The van der Waals surface area contributed by atoms with Gasteiger partial charge in [-0.2, -0.15) is 0 Å². The van der Waals surface area contributed by atoms with Gasteiger partial charge in [0.15, 0.2) is 8.96 Å². The number of fused-ring (bicyclic) bond motifs is 3. The minimum Gasteiger partial charge on any atom is -0.507 e. The van der Waals surface area contributed by atoms with E-state index >= 15 is 0 Å². The number of phenols is 1. The van der Waals surface area contributed by atoms with Crippen LogP contribution in [-0.2, 0) is 6.42 Å². The minimum atomic E-state index is 0.144. The molecule has 1 aliphatic heterocycles. The second kappa shape index (κ2) is 8.66. The highest BCUT2D eigenvalue weighted by Crippen LogP contribution is 2.47. The van der Waals surface area contributed by atoms with Gasteiger partial charge < -0.3 is 14.3 Å². The van der Waals surface area contributed by atoms with Crippen molar-refractivity contribution in [3.63, 3.8) is 0 Å². The lowest BCUT2D eigenvalue weighted by Crippen LogP contribution is -2.31. The number of aromatic hydroxyl groups is 1. The Kier molecular flexibility index (Phi) is 5.36. The molecule has 0 spiro atoms. The second-order valence-corrected chi connectivity index (χ2v) is 9.79. The molecule has 1 heterocycles. The van der Waals surface area contributed by atoms with Crippen LogP contribution in [0, 0.1) is 0 Å². The van der Waals surface area contributed by atoms with Crippen molar-refractivity contribution in [2.75, 3.05) is 4.67 Å². The number of benzene rings is 5. The third-order valence-electron chi connectivity index (χ3n) is 6.83. The van der Waals surface area contributed by atoms with Crippen LogP contribution in [0.4, 0.5) is 5.69 Å². The van der Waals surface area contributed by atoms with Crippen molar-refractivity contribution < 1.29 is 9.63 Å². The van der Waals surface area contributed by atoms with Crippen molar-refractivity contribution in [3.8, 4) is 22.6 Å². The van der Waals surface area contributed by atoms with Crippen LogP contribution in [0.15, 0.2) is 97.1 Å². The molecule has 0 fully saturated rings. The van der Waals surface area contributed by atoms with E-state index in [1.807, 2.05) is 36.4 Å². The smallest absolute Gasteiger partial charge is 0.177 e. The molecule has 2 unspecified atom stereocenters. The van der Waals surface area contributed by atoms with Gasteiger partial charge in [0.25, 0.3) is 0 Å². The summed E-state index contributed by atoms with van der Waals surface area (Å²) in [4.78, 5) is 0. The maximum atomic E-state index is 11.1. The van der Waals surface area contributed by atoms with E-state index in [1.54, 1.807) is 6.07 Å². The molecule has 0 amide bonds. The third kappa shape index (κ3) is 3.57. The van der Waals surface area contributed by atoms with Gasteiger partial charge in [0.1, 0.15) is 11.5 Å². The largest absolute Gasteiger partial charge is 0.507 e. The van der Waals surface area contributed by atoms with Crippen molar-refractivity contribution in [2.24, 2.45) is 0 Å². The zero-order valence-corrected chi connectivity index (χ0v) is 20.0. The summed E-state index contributed by atoms with van der Waals surface area (Å²) in [5, 5.41) is 15.4. The van der Waals surface area contributed by atoms with Crippen LogP contribution in [0.25, 0.3) is 32.7 Å². The number of anilines is 1. The minimum absolute atomic E-state index is 0.144. The number of phenolic OH excluding ortho intramolecular Hbond substituents is 1. The lowest BCUT2D eigenvalue weighted by atomic mass is 9.92. The van der Waals surface area contributed by atoms with Gasteiger partial charge >= 0.3 is 0 Å². The van der Waals surface area contributed by atoms with Crippen LogP contribution in [-0.4, -0.2) is 11.1 Å². The quantitative estimate of drug-likeness (QED) is 0.273. The summed E-state index contributed by atoms with van der Waals surface area (Å²) in [6.45, 7) is 2.27. The Morgan fingerprint density at radius 2 is 1.41 bits per heavy atom. The highest BCUT2D eigenvalue weighted by atomic mass is 31.1. The van der Waals surface area contributed by atoms with Crippen LogP contribution < -0.4 is 9.19 Å². The summed E-state index contributed by atoms with van der Waals surface area (Å²) in [5.74, 6) is 1.05. The topological polar surface area (TPSA) is 32.7 Å². The van der Waals surface area contributed by atoms with E-state index in [0.29, 0.717) is 6.04 Å². The van der Waals surface area contributed by atoms with Crippen molar-refractivity contribution in [1.82, 2.24) is 0 Å². The molecule has 0 bridgehead atoms. The molecule has 0 aliphatic carbocycles. The van der Waals surface area contributed by atoms with Gasteiger partial charge in [0.2, 0.25) is 0 Å². The first-order valence-electron chi connectivity index (χ1n) is 11.7. The third-order valence-corrected chi connectivity index (χ3v) is 8.01. The van der Waals surface area contributed by atoms with E-state index in [1.165, 1.54) is 11.3 Å². The Labute approximate surface area is 201 Å². The molecule has 1 N–H and O–H groups in total. The zero-order chi connectivity index (χ0) is 23.1. The maximum absolute atomic E-state index is 11.1. The van der Waals surface area contributed by atoms with Crippen molar-refractivity contribution >= 4 is 36.2 Å². The molecule has 168 valence electrons. The fraction of sp³-hybridized carbons (Fsp3) is 0.133. The Balaban J connectivity index is 1.49. The van der Waals surface area contributed by atoms with E-state index < -0.39 is 0 Å². The Hall–Kier alpha value is -3.55. The number of hydrogen-bond acceptors (Lipinski definition) is 3. The van der Waals surface area contributed by atoms with E-state index in [0.717, 1.165) is 51.3 Å². The lowest BCUT2D eigenvalue weighted by molar-refractivity contribution is 0.478. The summed E-state index contributed by atoms with van der Waals surface area (Å²) in [5.41, 5.74) is 4.40.